The number of aromatic nitrogens is 2. The smallest absolute Gasteiger partial charge is 0.325 e. The molecule has 1 aromatic carbocycles. The number of carbonyl (C=O) groups is 1. The summed E-state index contributed by atoms with van der Waals surface area (Å²) in [6.07, 6.45) is 2.61. The zero-order chi connectivity index (χ0) is 16.4. The highest BCUT2D eigenvalue weighted by Gasteiger charge is 2.20. The van der Waals surface area contributed by atoms with Crippen LogP contribution in [-0.4, -0.2) is 21.9 Å². The van der Waals surface area contributed by atoms with Crippen LogP contribution in [0.5, 0.6) is 0 Å². The molecule has 1 heterocycles. The molecule has 1 atom stereocenters. The lowest BCUT2D eigenvalue weighted by atomic mass is 9.88. The molecule has 2 aromatic rings. The first-order chi connectivity index (χ1) is 11.0. The molecule has 23 heavy (non-hydrogen) atoms. The Morgan fingerprint density at radius 3 is 2.70 bits per heavy atom. The van der Waals surface area contributed by atoms with Crippen molar-refractivity contribution in [3.8, 4) is 0 Å². The van der Waals surface area contributed by atoms with E-state index in [1.54, 1.807) is 6.92 Å². The van der Waals surface area contributed by atoms with E-state index in [1.807, 2.05) is 12.1 Å². The highest BCUT2D eigenvalue weighted by atomic mass is 16.2. The van der Waals surface area contributed by atoms with Gasteiger partial charge in [0.2, 0.25) is 5.91 Å². The van der Waals surface area contributed by atoms with Crippen LogP contribution < -0.4 is 16.6 Å². The van der Waals surface area contributed by atoms with Gasteiger partial charge in [-0.3, -0.25) is 14.6 Å². The topological polar surface area (TPSA) is 94.8 Å². The molecular formula is C17H19N3O3. The first kappa shape index (κ1) is 15.3. The van der Waals surface area contributed by atoms with E-state index in [0.29, 0.717) is 11.3 Å². The van der Waals surface area contributed by atoms with Gasteiger partial charge in [-0.25, -0.2) is 4.79 Å². The summed E-state index contributed by atoms with van der Waals surface area (Å²) in [7, 11) is 0. The minimum Gasteiger partial charge on any atom is -0.353 e. The summed E-state index contributed by atoms with van der Waals surface area (Å²) < 4.78 is 0. The SMILES string of the molecule is Cc1[nH]c(=O)[nH]c(=O)c1CC(=O)N[C@H]1CCc2ccccc2C1. The van der Waals surface area contributed by atoms with Crippen LogP contribution in [0.4, 0.5) is 0 Å². The van der Waals surface area contributed by atoms with E-state index in [0.717, 1.165) is 19.3 Å². The van der Waals surface area contributed by atoms with Gasteiger partial charge in [0.25, 0.3) is 5.56 Å². The van der Waals surface area contributed by atoms with Gasteiger partial charge in [0.1, 0.15) is 0 Å². The Labute approximate surface area is 133 Å². The summed E-state index contributed by atoms with van der Waals surface area (Å²) >= 11 is 0. The lowest BCUT2D eigenvalue weighted by Gasteiger charge is -2.25. The maximum Gasteiger partial charge on any atom is 0.325 e. The Morgan fingerprint density at radius 2 is 1.96 bits per heavy atom. The van der Waals surface area contributed by atoms with Crippen LogP contribution in [0.1, 0.15) is 28.8 Å². The van der Waals surface area contributed by atoms with Crippen molar-refractivity contribution < 1.29 is 4.79 Å². The minimum atomic E-state index is -0.555. The molecule has 0 aliphatic heterocycles. The molecule has 0 bridgehead atoms. The number of benzene rings is 1. The number of hydrogen-bond donors (Lipinski definition) is 3. The van der Waals surface area contributed by atoms with E-state index >= 15 is 0 Å². The van der Waals surface area contributed by atoms with Gasteiger partial charge in [0.05, 0.1) is 6.42 Å². The van der Waals surface area contributed by atoms with E-state index in [9.17, 15) is 14.4 Å². The molecular weight excluding hydrogens is 294 g/mol. The van der Waals surface area contributed by atoms with Crippen molar-refractivity contribution in [2.45, 2.75) is 38.6 Å². The number of amides is 1. The highest BCUT2D eigenvalue weighted by Crippen LogP contribution is 2.21. The van der Waals surface area contributed by atoms with Crippen molar-refractivity contribution in [1.82, 2.24) is 15.3 Å². The van der Waals surface area contributed by atoms with Gasteiger partial charge in [0.15, 0.2) is 0 Å². The molecule has 0 fully saturated rings. The second kappa shape index (κ2) is 6.24. The van der Waals surface area contributed by atoms with Gasteiger partial charge < -0.3 is 10.3 Å². The third kappa shape index (κ3) is 3.41. The summed E-state index contributed by atoms with van der Waals surface area (Å²) in [4.78, 5) is 39.9. The van der Waals surface area contributed by atoms with Crippen LogP contribution in [0.2, 0.25) is 0 Å². The maximum absolute atomic E-state index is 12.2. The van der Waals surface area contributed by atoms with Crippen LogP contribution in [0.3, 0.4) is 0 Å². The quantitative estimate of drug-likeness (QED) is 0.774. The fraction of sp³-hybridized carbons (Fsp3) is 0.353. The molecule has 0 saturated carbocycles. The average Bonchev–Trinajstić information content (AvgIpc) is 2.51. The van der Waals surface area contributed by atoms with Gasteiger partial charge in [-0.05, 0) is 37.3 Å². The molecule has 6 heteroatoms. The number of fused-ring (bicyclic) bond motifs is 1. The lowest BCUT2D eigenvalue weighted by molar-refractivity contribution is -0.121. The summed E-state index contributed by atoms with van der Waals surface area (Å²) in [6.45, 7) is 1.62. The van der Waals surface area contributed by atoms with Crippen molar-refractivity contribution in [2.75, 3.05) is 0 Å². The molecule has 1 aliphatic rings. The Kier molecular flexibility index (Phi) is 4.14. The average molecular weight is 313 g/mol. The van der Waals surface area contributed by atoms with Crippen LogP contribution in [0.15, 0.2) is 33.9 Å². The van der Waals surface area contributed by atoms with Crippen molar-refractivity contribution in [3.63, 3.8) is 0 Å². The molecule has 3 rings (SSSR count). The maximum atomic E-state index is 12.2. The number of nitrogens with one attached hydrogen (secondary N) is 3. The van der Waals surface area contributed by atoms with Crippen LogP contribution >= 0.6 is 0 Å². The normalized spacial score (nSPS) is 16.7. The van der Waals surface area contributed by atoms with Gasteiger partial charge in [-0.1, -0.05) is 24.3 Å². The second-order valence-corrected chi connectivity index (χ2v) is 5.96. The second-order valence-electron chi connectivity index (χ2n) is 5.96. The first-order valence-electron chi connectivity index (χ1n) is 7.71. The highest BCUT2D eigenvalue weighted by molar-refractivity contribution is 5.79. The standard InChI is InChI=1S/C17H19N3O3/c1-10-14(16(22)20-17(23)18-10)9-15(21)19-13-7-6-11-4-2-3-5-12(11)8-13/h2-5,13H,6-9H2,1H3,(H,19,21)(H2,18,20,22,23)/t13-/m0/s1. The van der Waals surface area contributed by atoms with Crippen LogP contribution in [0, 0.1) is 6.92 Å². The van der Waals surface area contributed by atoms with E-state index in [2.05, 4.69) is 27.4 Å². The molecule has 0 spiro atoms. The Hall–Kier alpha value is -2.63. The molecule has 120 valence electrons. The molecule has 0 saturated heterocycles. The zero-order valence-electron chi connectivity index (χ0n) is 12.9. The molecule has 0 unspecified atom stereocenters. The predicted octanol–water partition coefficient (Wildman–Crippen LogP) is 0.588. The molecule has 0 radical (unpaired) electrons. The third-order valence-electron chi connectivity index (χ3n) is 4.30. The van der Waals surface area contributed by atoms with E-state index in [1.165, 1.54) is 11.1 Å². The van der Waals surface area contributed by atoms with Gasteiger partial charge in [-0.15, -0.1) is 0 Å². The largest absolute Gasteiger partial charge is 0.353 e. The summed E-state index contributed by atoms with van der Waals surface area (Å²) in [5, 5.41) is 2.99. The third-order valence-corrected chi connectivity index (χ3v) is 4.30. The number of H-pyrrole nitrogens is 2. The Bertz CT molecular complexity index is 851. The summed E-state index contributed by atoms with van der Waals surface area (Å²) in [6, 6.07) is 8.33. The Balaban J connectivity index is 1.67. The monoisotopic (exact) mass is 313 g/mol. The van der Waals surface area contributed by atoms with E-state index < -0.39 is 11.2 Å². The van der Waals surface area contributed by atoms with Crippen molar-refractivity contribution in [2.24, 2.45) is 0 Å². The first-order valence-corrected chi connectivity index (χ1v) is 7.71. The van der Waals surface area contributed by atoms with E-state index in [4.69, 9.17) is 0 Å². The van der Waals surface area contributed by atoms with E-state index in [-0.39, 0.29) is 18.4 Å². The lowest BCUT2D eigenvalue weighted by Crippen LogP contribution is -2.41. The molecule has 1 amide bonds. The molecule has 6 nitrogen and oxygen atoms in total. The van der Waals surface area contributed by atoms with Crippen molar-refractivity contribution in [3.05, 3.63) is 67.5 Å². The van der Waals surface area contributed by atoms with Crippen molar-refractivity contribution in [1.29, 1.82) is 0 Å². The van der Waals surface area contributed by atoms with Crippen molar-refractivity contribution >= 4 is 5.91 Å². The molecule has 3 N–H and O–H groups in total. The van der Waals surface area contributed by atoms with Gasteiger partial charge >= 0.3 is 5.69 Å². The zero-order valence-corrected chi connectivity index (χ0v) is 12.9. The Morgan fingerprint density at radius 1 is 1.22 bits per heavy atom. The van der Waals surface area contributed by atoms with Gasteiger partial charge in [0, 0.05) is 17.3 Å². The van der Waals surface area contributed by atoms with Crippen LogP contribution in [-0.2, 0) is 24.1 Å². The summed E-state index contributed by atoms with van der Waals surface area (Å²) in [5.74, 6) is -0.199. The minimum absolute atomic E-state index is 0.0317. The number of aryl methyl sites for hydroxylation is 2. The number of hydrogen-bond acceptors (Lipinski definition) is 3. The van der Waals surface area contributed by atoms with Crippen LogP contribution in [0.25, 0.3) is 0 Å². The predicted molar refractivity (Wildman–Crippen MR) is 86.5 cm³/mol. The van der Waals surface area contributed by atoms with Gasteiger partial charge in [-0.2, -0.15) is 0 Å². The molecule has 1 aromatic heterocycles. The number of aromatic amines is 2. The number of carbonyl (C=O) groups excluding carboxylic acids is 1. The fourth-order valence-electron chi connectivity index (χ4n) is 3.10. The summed E-state index contributed by atoms with van der Waals surface area (Å²) in [5.41, 5.74) is 2.28. The molecule has 1 aliphatic carbocycles. The fourth-order valence-corrected chi connectivity index (χ4v) is 3.10. The number of rotatable bonds is 3.